The second-order valence-corrected chi connectivity index (χ2v) is 4.91. The van der Waals surface area contributed by atoms with Gasteiger partial charge in [0.05, 0.1) is 12.1 Å². The lowest BCUT2D eigenvalue weighted by Gasteiger charge is -2.09. The third-order valence-corrected chi connectivity index (χ3v) is 3.07. The first-order chi connectivity index (χ1) is 9.01. The minimum Gasteiger partial charge on any atom is -0.383 e. The van der Waals surface area contributed by atoms with E-state index in [-0.39, 0.29) is 18.1 Å². The van der Waals surface area contributed by atoms with Crippen LogP contribution < -0.4 is 5.32 Å². The number of rotatable bonds is 2. The van der Waals surface area contributed by atoms with Gasteiger partial charge in [-0.25, -0.2) is 0 Å². The van der Waals surface area contributed by atoms with Gasteiger partial charge in [0.2, 0.25) is 5.91 Å². The van der Waals surface area contributed by atoms with Crippen LogP contribution >= 0.6 is 0 Å². The van der Waals surface area contributed by atoms with Crippen LogP contribution in [0.5, 0.6) is 0 Å². The summed E-state index contributed by atoms with van der Waals surface area (Å²) in [6, 6.07) is 5.61. The highest BCUT2D eigenvalue weighted by Gasteiger charge is 2.24. The Kier molecular flexibility index (Phi) is 3.69. The van der Waals surface area contributed by atoms with E-state index in [0.29, 0.717) is 16.8 Å². The first kappa shape index (κ1) is 13.3. The molecule has 1 heterocycles. The zero-order valence-electron chi connectivity index (χ0n) is 11.5. The predicted octanol–water partition coefficient (Wildman–Crippen LogP) is 2.22. The number of hydrogen-bond acceptors (Lipinski definition) is 3. The van der Waals surface area contributed by atoms with Crippen molar-refractivity contribution in [1.82, 2.24) is 4.90 Å². The number of fused-ring (bicyclic) bond motifs is 1. The minimum atomic E-state index is -0.145. The molecule has 1 amide bonds. The lowest BCUT2D eigenvalue weighted by Crippen LogP contribution is -2.12. The summed E-state index contributed by atoms with van der Waals surface area (Å²) in [4.78, 5) is 26.1. The van der Waals surface area contributed by atoms with E-state index in [1.165, 1.54) is 0 Å². The summed E-state index contributed by atoms with van der Waals surface area (Å²) >= 11 is 0. The van der Waals surface area contributed by atoms with E-state index in [1.807, 2.05) is 33.2 Å². The lowest BCUT2D eigenvalue weighted by molar-refractivity contribution is -0.115. The molecule has 4 nitrogen and oxygen atoms in total. The maximum atomic E-state index is 12.4. The van der Waals surface area contributed by atoms with Crippen molar-refractivity contribution in [3.8, 4) is 0 Å². The van der Waals surface area contributed by atoms with Crippen LogP contribution in [0.2, 0.25) is 0 Å². The van der Waals surface area contributed by atoms with Crippen LogP contribution in [-0.2, 0) is 11.2 Å². The second-order valence-electron chi connectivity index (χ2n) is 4.91. The molecular weight excluding hydrogens is 240 g/mol. The number of carbonyl (C=O) groups is 2. The fourth-order valence-corrected chi connectivity index (χ4v) is 2.15. The van der Waals surface area contributed by atoms with Gasteiger partial charge in [-0.1, -0.05) is 13.0 Å². The topological polar surface area (TPSA) is 49.4 Å². The van der Waals surface area contributed by atoms with Crippen molar-refractivity contribution in [2.24, 2.45) is 0 Å². The molecule has 0 fully saturated rings. The van der Waals surface area contributed by atoms with Crippen molar-refractivity contribution in [2.75, 3.05) is 19.4 Å². The highest BCUT2D eigenvalue weighted by atomic mass is 16.2. The summed E-state index contributed by atoms with van der Waals surface area (Å²) in [5, 5.41) is 2.81. The van der Waals surface area contributed by atoms with Crippen molar-refractivity contribution in [3.05, 3.63) is 41.1 Å². The van der Waals surface area contributed by atoms with Crippen LogP contribution in [-0.4, -0.2) is 30.7 Å². The summed E-state index contributed by atoms with van der Waals surface area (Å²) in [6.07, 6.45) is 2.70. The number of amides is 1. The molecule has 1 N–H and O–H groups in total. The molecule has 0 spiro atoms. The number of hydrogen-bond donors (Lipinski definition) is 1. The van der Waals surface area contributed by atoms with Gasteiger partial charge in [0.25, 0.3) is 0 Å². The van der Waals surface area contributed by atoms with Crippen LogP contribution in [0.4, 0.5) is 5.69 Å². The normalized spacial score (nSPS) is 16.9. The van der Waals surface area contributed by atoms with Crippen LogP contribution in [0.1, 0.15) is 29.3 Å². The molecule has 0 atom stereocenters. The molecule has 19 heavy (non-hydrogen) atoms. The van der Waals surface area contributed by atoms with Crippen molar-refractivity contribution >= 4 is 17.4 Å². The minimum absolute atomic E-state index is 0.0790. The molecule has 0 saturated carbocycles. The second kappa shape index (κ2) is 5.26. The largest absolute Gasteiger partial charge is 0.383 e. The van der Waals surface area contributed by atoms with Crippen LogP contribution in [0, 0.1) is 0 Å². The molecule has 2 rings (SSSR count). The molecular formula is C15H18N2O2. The fourth-order valence-electron chi connectivity index (χ4n) is 2.15. The predicted molar refractivity (Wildman–Crippen MR) is 75.2 cm³/mol. The van der Waals surface area contributed by atoms with E-state index < -0.39 is 0 Å². The van der Waals surface area contributed by atoms with E-state index in [9.17, 15) is 9.59 Å². The van der Waals surface area contributed by atoms with Crippen LogP contribution in [0.15, 0.2) is 30.0 Å². The third kappa shape index (κ3) is 2.84. The zero-order chi connectivity index (χ0) is 14.0. The Balaban J connectivity index is 2.50. The number of Topliss-reactive ketones (excluding diaryl/α,β-unsaturated/α-hetero) is 1. The van der Waals surface area contributed by atoms with Gasteiger partial charge in [0.15, 0.2) is 5.78 Å². The maximum Gasteiger partial charge on any atom is 0.229 e. The zero-order valence-corrected chi connectivity index (χ0v) is 11.5. The number of aryl methyl sites for hydroxylation is 1. The van der Waals surface area contributed by atoms with Gasteiger partial charge in [-0.05, 0) is 24.1 Å². The highest BCUT2D eigenvalue weighted by molar-refractivity contribution is 6.18. The molecule has 0 bridgehead atoms. The number of carbonyl (C=O) groups excluding carboxylic acids is 2. The molecule has 1 aliphatic heterocycles. The van der Waals surface area contributed by atoms with Gasteiger partial charge in [0.1, 0.15) is 0 Å². The van der Waals surface area contributed by atoms with Gasteiger partial charge in [-0.2, -0.15) is 0 Å². The average Bonchev–Trinajstić information content (AvgIpc) is 2.46. The fraction of sp³-hybridized carbons (Fsp3) is 0.333. The number of anilines is 1. The molecule has 1 aromatic rings. The Morgan fingerprint density at radius 3 is 2.68 bits per heavy atom. The van der Waals surface area contributed by atoms with Gasteiger partial charge in [0, 0.05) is 31.4 Å². The van der Waals surface area contributed by atoms with Crippen molar-refractivity contribution < 1.29 is 9.59 Å². The number of ketones is 1. The molecule has 0 saturated heterocycles. The first-order valence-electron chi connectivity index (χ1n) is 6.36. The van der Waals surface area contributed by atoms with Gasteiger partial charge >= 0.3 is 0 Å². The lowest BCUT2D eigenvalue weighted by atomic mass is 10.00. The molecule has 0 aromatic heterocycles. The standard InChI is InChI=1S/C15H18N2O2/c1-4-10-5-6-12-13(7-10)16-14(18)8-11(15(12)19)9-17(2)3/h5-7,9H,4,8H2,1-3H3,(H,16,18). The molecule has 1 aromatic carbocycles. The molecule has 0 aliphatic carbocycles. The van der Waals surface area contributed by atoms with E-state index >= 15 is 0 Å². The molecule has 1 aliphatic rings. The summed E-state index contributed by atoms with van der Waals surface area (Å²) in [7, 11) is 3.67. The molecule has 4 heteroatoms. The molecule has 0 unspecified atom stereocenters. The summed E-state index contributed by atoms with van der Waals surface area (Å²) in [5.74, 6) is -0.224. The Morgan fingerprint density at radius 1 is 1.32 bits per heavy atom. The Labute approximate surface area is 113 Å². The number of benzene rings is 1. The molecule has 0 radical (unpaired) electrons. The summed E-state index contributed by atoms with van der Waals surface area (Å²) in [5.41, 5.74) is 2.81. The van der Waals surface area contributed by atoms with Crippen molar-refractivity contribution in [3.63, 3.8) is 0 Å². The SMILES string of the molecule is CCc1ccc2c(c1)NC(=O)CC(=CN(C)C)C2=O. The highest BCUT2D eigenvalue weighted by Crippen LogP contribution is 2.26. The average molecular weight is 258 g/mol. The number of nitrogens with zero attached hydrogens (tertiary/aromatic N) is 1. The van der Waals surface area contributed by atoms with Crippen molar-refractivity contribution in [2.45, 2.75) is 19.8 Å². The van der Waals surface area contributed by atoms with Gasteiger partial charge < -0.3 is 10.2 Å². The van der Waals surface area contributed by atoms with Gasteiger partial charge in [-0.15, -0.1) is 0 Å². The third-order valence-electron chi connectivity index (χ3n) is 3.07. The summed E-state index contributed by atoms with van der Waals surface area (Å²) in [6.45, 7) is 2.04. The van der Waals surface area contributed by atoms with E-state index in [4.69, 9.17) is 0 Å². The number of nitrogens with one attached hydrogen (secondary N) is 1. The Morgan fingerprint density at radius 2 is 2.05 bits per heavy atom. The Hall–Kier alpha value is -2.10. The monoisotopic (exact) mass is 258 g/mol. The van der Waals surface area contributed by atoms with Crippen molar-refractivity contribution in [1.29, 1.82) is 0 Å². The van der Waals surface area contributed by atoms with E-state index in [1.54, 1.807) is 17.2 Å². The van der Waals surface area contributed by atoms with Crippen LogP contribution in [0.25, 0.3) is 0 Å². The van der Waals surface area contributed by atoms with E-state index in [2.05, 4.69) is 5.32 Å². The first-order valence-corrected chi connectivity index (χ1v) is 6.36. The quantitative estimate of drug-likeness (QED) is 0.827. The molecule has 100 valence electrons. The maximum absolute atomic E-state index is 12.4. The van der Waals surface area contributed by atoms with Crippen LogP contribution in [0.3, 0.4) is 0 Å². The van der Waals surface area contributed by atoms with Gasteiger partial charge in [-0.3, -0.25) is 9.59 Å². The summed E-state index contributed by atoms with van der Waals surface area (Å²) < 4.78 is 0. The van der Waals surface area contributed by atoms with E-state index in [0.717, 1.165) is 12.0 Å². The Bertz CT molecular complexity index is 559. The smallest absolute Gasteiger partial charge is 0.229 e.